The van der Waals surface area contributed by atoms with Crippen molar-refractivity contribution in [1.29, 1.82) is 0 Å². The van der Waals surface area contributed by atoms with Gasteiger partial charge in [-0.05, 0) is 29.8 Å². The number of ether oxygens (including phenoxy) is 1. The molecule has 5 nitrogen and oxygen atoms in total. The molecule has 0 bridgehead atoms. The number of alkyl halides is 3. The molecule has 30 heavy (non-hydrogen) atoms. The molecular weight excluding hydrogens is 399 g/mol. The second-order valence-electron chi connectivity index (χ2n) is 7.48. The van der Waals surface area contributed by atoms with Crippen LogP contribution in [-0.4, -0.2) is 19.1 Å². The molecule has 0 radical (unpaired) electrons. The molecule has 3 aromatic rings. The number of carbonyl (C=O) groups is 1. The summed E-state index contributed by atoms with van der Waals surface area (Å²) in [5.41, 5.74) is -1.14. The average Bonchev–Trinajstić information content (AvgIpc) is 2.70. The van der Waals surface area contributed by atoms with Crippen molar-refractivity contribution >= 4 is 16.9 Å². The second-order valence-corrected chi connectivity index (χ2v) is 7.48. The highest BCUT2D eigenvalue weighted by Gasteiger charge is 2.32. The van der Waals surface area contributed by atoms with Gasteiger partial charge in [0.2, 0.25) is 0 Å². The lowest BCUT2D eigenvalue weighted by atomic mass is 9.83. The van der Waals surface area contributed by atoms with E-state index in [1.165, 1.54) is 18.2 Å². The van der Waals surface area contributed by atoms with E-state index in [4.69, 9.17) is 9.15 Å². The number of hydrogen-bond donors (Lipinski definition) is 1. The van der Waals surface area contributed by atoms with Crippen molar-refractivity contribution < 1.29 is 27.1 Å². The molecule has 0 fully saturated rings. The summed E-state index contributed by atoms with van der Waals surface area (Å²) in [7, 11) is 0. The topological polar surface area (TPSA) is 68.5 Å². The van der Waals surface area contributed by atoms with Crippen LogP contribution >= 0.6 is 0 Å². The van der Waals surface area contributed by atoms with Crippen LogP contribution in [0.5, 0.6) is 5.75 Å². The Hall–Kier alpha value is -3.29. The molecule has 0 spiro atoms. The van der Waals surface area contributed by atoms with Gasteiger partial charge in [0.25, 0.3) is 5.91 Å². The molecular formula is C22H20F3NO4. The summed E-state index contributed by atoms with van der Waals surface area (Å²) in [6, 6.07) is 12.8. The molecule has 0 atom stereocenters. The molecule has 1 N–H and O–H groups in total. The first-order valence-corrected chi connectivity index (χ1v) is 9.16. The maximum atomic E-state index is 12.9. The smallest absolute Gasteiger partial charge is 0.416 e. The summed E-state index contributed by atoms with van der Waals surface area (Å²) >= 11 is 0. The van der Waals surface area contributed by atoms with Crippen LogP contribution < -0.4 is 15.7 Å². The number of amides is 1. The van der Waals surface area contributed by atoms with E-state index < -0.39 is 28.7 Å². The van der Waals surface area contributed by atoms with E-state index in [9.17, 15) is 22.8 Å². The van der Waals surface area contributed by atoms with E-state index in [0.29, 0.717) is 22.3 Å². The van der Waals surface area contributed by atoms with E-state index in [1.54, 1.807) is 38.1 Å². The van der Waals surface area contributed by atoms with Gasteiger partial charge in [0.1, 0.15) is 11.3 Å². The van der Waals surface area contributed by atoms with Crippen molar-refractivity contribution in [2.75, 3.05) is 13.2 Å². The molecule has 0 unspecified atom stereocenters. The largest absolute Gasteiger partial charge is 0.484 e. The Bertz CT molecular complexity index is 1120. The summed E-state index contributed by atoms with van der Waals surface area (Å²) in [4.78, 5) is 23.4. The van der Waals surface area contributed by atoms with Crippen LogP contribution in [0.3, 0.4) is 0 Å². The van der Waals surface area contributed by atoms with Gasteiger partial charge in [-0.2, -0.15) is 13.2 Å². The summed E-state index contributed by atoms with van der Waals surface area (Å²) in [6.07, 6.45) is -4.43. The minimum absolute atomic E-state index is 0.128. The molecule has 0 aliphatic heterocycles. The molecule has 1 aromatic heterocycles. The fourth-order valence-electron chi connectivity index (χ4n) is 2.87. The van der Waals surface area contributed by atoms with Gasteiger partial charge in [-0.15, -0.1) is 0 Å². The number of halogens is 3. The van der Waals surface area contributed by atoms with Crippen molar-refractivity contribution in [2.24, 2.45) is 0 Å². The average molecular weight is 419 g/mol. The molecule has 0 aliphatic rings. The number of benzene rings is 2. The third kappa shape index (κ3) is 5.20. The van der Waals surface area contributed by atoms with Gasteiger partial charge in [-0.3, -0.25) is 4.79 Å². The van der Waals surface area contributed by atoms with Crippen molar-refractivity contribution in [3.63, 3.8) is 0 Å². The number of nitrogens with one attached hydrogen (secondary N) is 1. The molecule has 0 saturated carbocycles. The normalized spacial score (nSPS) is 12.0. The minimum atomic E-state index is -4.43. The molecule has 8 heteroatoms. The van der Waals surface area contributed by atoms with E-state index in [-0.39, 0.29) is 13.2 Å². The maximum Gasteiger partial charge on any atom is 0.416 e. The first-order valence-electron chi connectivity index (χ1n) is 9.16. The predicted molar refractivity (Wildman–Crippen MR) is 105 cm³/mol. The van der Waals surface area contributed by atoms with E-state index >= 15 is 0 Å². The Morgan fingerprint density at radius 2 is 1.73 bits per heavy atom. The number of carbonyl (C=O) groups excluding carboxylic acids is 1. The van der Waals surface area contributed by atoms with Crippen molar-refractivity contribution in [1.82, 2.24) is 5.32 Å². The Morgan fingerprint density at radius 3 is 2.47 bits per heavy atom. The molecule has 158 valence electrons. The fourth-order valence-corrected chi connectivity index (χ4v) is 2.87. The van der Waals surface area contributed by atoms with E-state index in [1.807, 2.05) is 0 Å². The third-order valence-corrected chi connectivity index (χ3v) is 4.66. The summed E-state index contributed by atoms with van der Waals surface area (Å²) in [5, 5.41) is 3.39. The lowest BCUT2D eigenvalue weighted by Gasteiger charge is -2.26. The monoisotopic (exact) mass is 419 g/mol. The van der Waals surface area contributed by atoms with Gasteiger partial charge >= 0.3 is 11.8 Å². The van der Waals surface area contributed by atoms with Crippen molar-refractivity contribution in [2.45, 2.75) is 25.4 Å². The third-order valence-electron chi connectivity index (χ3n) is 4.66. The Labute approximate surface area is 170 Å². The molecule has 1 heterocycles. The van der Waals surface area contributed by atoms with Crippen LogP contribution in [0.15, 0.2) is 63.8 Å². The Morgan fingerprint density at radius 1 is 1.03 bits per heavy atom. The van der Waals surface area contributed by atoms with Gasteiger partial charge < -0.3 is 14.5 Å². The van der Waals surface area contributed by atoms with Gasteiger partial charge in [-0.1, -0.05) is 32.0 Å². The standard InChI is InChI=1S/C22H20F3NO4/c1-21(2,15-4-3-5-16(10-15)22(23,24)25)13-26-19(27)12-29-17-8-6-14-7-9-20(28)30-18(14)11-17/h3-11H,12-13H2,1-2H3,(H,26,27). The van der Waals surface area contributed by atoms with Crippen LogP contribution in [0, 0.1) is 0 Å². The fraction of sp³-hybridized carbons (Fsp3) is 0.273. The summed E-state index contributed by atoms with van der Waals surface area (Å²) in [5.74, 6) is -0.0752. The number of hydrogen-bond acceptors (Lipinski definition) is 4. The molecule has 2 aromatic carbocycles. The highest BCUT2D eigenvalue weighted by molar-refractivity contribution is 5.79. The first kappa shape index (κ1) is 21.4. The van der Waals surface area contributed by atoms with Crippen molar-refractivity contribution in [3.05, 3.63) is 76.1 Å². The van der Waals surface area contributed by atoms with Gasteiger partial charge in [0.05, 0.1) is 5.56 Å². The van der Waals surface area contributed by atoms with Gasteiger partial charge in [0, 0.05) is 29.5 Å². The van der Waals surface area contributed by atoms with Crippen molar-refractivity contribution in [3.8, 4) is 5.75 Å². The van der Waals surface area contributed by atoms with Crippen LogP contribution in [0.2, 0.25) is 0 Å². The number of rotatable bonds is 6. The highest BCUT2D eigenvalue weighted by Crippen LogP contribution is 2.32. The van der Waals surface area contributed by atoms with Crippen LogP contribution in [0.4, 0.5) is 13.2 Å². The molecule has 1 amide bonds. The zero-order valence-electron chi connectivity index (χ0n) is 16.4. The summed E-state index contributed by atoms with van der Waals surface area (Å²) < 4.78 is 49.3. The lowest BCUT2D eigenvalue weighted by molar-refractivity contribution is -0.137. The van der Waals surface area contributed by atoms with E-state index in [2.05, 4.69) is 5.32 Å². The summed E-state index contributed by atoms with van der Waals surface area (Å²) in [6.45, 7) is 3.33. The zero-order chi connectivity index (χ0) is 21.9. The lowest BCUT2D eigenvalue weighted by Crippen LogP contribution is -2.39. The minimum Gasteiger partial charge on any atom is -0.484 e. The SMILES string of the molecule is CC(C)(CNC(=O)COc1ccc2ccc(=O)oc2c1)c1cccc(C(F)(F)F)c1. The molecule has 3 rings (SSSR count). The molecule has 0 saturated heterocycles. The molecule has 0 aliphatic carbocycles. The quantitative estimate of drug-likeness (QED) is 0.606. The Kier molecular flexibility index (Phi) is 5.87. The van der Waals surface area contributed by atoms with Crippen LogP contribution in [-0.2, 0) is 16.4 Å². The van der Waals surface area contributed by atoms with Crippen LogP contribution in [0.1, 0.15) is 25.0 Å². The van der Waals surface area contributed by atoms with Gasteiger partial charge in [-0.25, -0.2) is 4.79 Å². The van der Waals surface area contributed by atoms with Crippen LogP contribution in [0.25, 0.3) is 11.0 Å². The highest BCUT2D eigenvalue weighted by atomic mass is 19.4. The van der Waals surface area contributed by atoms with E-state index in [0.717, 1.165) is 12.1 Å². The Balaban J connectivity index is 1.59. The second kappa shape index (κ2) is 8.22. The first-order chi connectivity index (χ1) is 14.0. The number of fused-ring (bicyclic) bond motifs is 1. The maximum absolute atomic E-state index is 12.9. The predicted octanol–water partition coefficient (Wildman–Crippen LogP) is 4.28. The van der Waals surface area contributed by atoms with Gasteiger partial charge in [0.15, 0.2) is 6.61 Å². The zero-order valence-corrected chi connectivity index (χ0v) is 16.4.